The van der Waals surface area contributed by atoms with E-state index in [2.05, 4.69) is 4.98 Å². The maximum atomic E-state index is 11.9. The molecule has 0 fully saturated rings. The molecule has 0 aliphatic carbocycles. The Labute approximate surface area is 220 Å². The highest BCUT2D eigenvalue weighted by Gasteiger charge is 2.29. The molecule has 156 valence electrons. The summed E-state index contributed by atoms with van der Waals surface area (Å²) in [5.41, 5.74) is 0.560. The second-order valence-electron chi connectivity index (χ2n) is 5.63. The van der Waals surface area contributed by atoms with Gasteiger partial charge in [-0.3, -0.25) is 9.78 Å². The molecule has 0 saturated heterocycles. The summed E-state index contributed by atoms with van der Waals surface area (Å²) in [6.07, 6.45) is 1.91. The molecule has 3 rings (SSSR count). The van der Waals surface area contributed by atoms with Crippen molar-refractivity contribution in [1.29, 1.82) is 0 Å². The Hall–Kier alpha value is 0.160. The normalized spacial score (nSPS) is 11.1. The highest BCUT2D eigenvalue weighted by molar-refractivity contribution is 6.58. The highest BCUT2D eigenvalue weighted by Crippen LogP contribution is 2.54. The lowest BCUT2D eigenvalue weighted by Gasteiger charge is -2.19. The molecule has 3 aromatic rings. The number of hydrogen-bond acceptors (Lipinski definition) is 2. The molecule has 2 nitrogen and oxygen atoms in total. The molecular formula is C18H3Cl10NO. The lowest BCUT2D eigenvalue weighted by molar-refractivity contribution is 0.112. The van der Waals surface area contributed by atoms with Crippen molar-refractivity contribution in [3.05, 3.63) is 68.1 Å². The van der Waals surface area contributed by atoms with E-state index >= 15 is 0 Å². The van der Waals surface area contributed by atoms with E-state index in [0.29, 0.717) is 6.29 Å². The molecular weight excluding hydrogens is 601 g/mol. The van der Waals surface area contributed by atoms with Crippen LogP contribution in [0.2, 0.25) is 50.2 Å². The fraction of sp³-hybridized carbons (Fsp3) is 0. The van der Waals surface area contributed by atoms with Crippen molar-refractivity contribution in [1.82, 2.24) is 4.98 Å². The van der Waals surface area contributed by atoms with Crippen LogP contribution in [0.4, 0.5) is 0 Å². The molecule has 0 N–H and O–H groups in total. The zero-order valence-corrected chi connectivity index (χ0v) is 21.4. The van der Waals surface area contributed by atoms with Crippen LogP contribution < -0.4 is 0 Å². The molecule has 0 unspecified atom stereocenters. The predicted octanol–water partition coefficient (Wildman–Crippen LogP) is 10.8. The predicted molar refractivity (Wildman–Crippen MR) is 131 cm³/mol. The van der Waals surface area contributed by atoms with E-state index in [1.807, 2.05) is 0 Å². The number of benzene rings is 2. The molecule has 2 aromatic carbocycles. The van der Waals surface area contributed by atoms with Crippen molar-refractivity contribution in [2.24, 2.45) is 0 Å². The van der Waals surface area contributed by atoms with E-state index < -0.39 is 0 Å². The summed E-state index contributed by atoms with van der Waals surface area (Å²) in [6, 6.07) is 1.43. The van der Waals surface area contributed by atoms with Gasteiger partial charge in [-0.05, 0) is 6.07 Å². The fourth-order valence-corrected chi connectivity index (χ4v) is 5.31. The molecule has 1 heterocycles. The van der Waals surface area contributed by atoms with Crippen molar-refractivity contribution in [2.75, 3.05) is 0 Å². The number of aromatic nitrogens is 1. The highest BCUT2D eigenvalue weighted by atomic mass is 35.5. The number of aldehydes is 1. The summed E-state index contributed by atoms with van der Waals surface area (Å²) in [5.74, 6) is 0. The van der Waals surface area contributed by atoms with Crippen LogP contribution in [0.5, 0.6) is 0 Å². The van der Waals surface area contributed by atoms with E-state index in [1.54, 1.807) is 0 Å². The number of carbonyl (C=O) groups is 1. The van der Waals surface area contributed by atoms with Crippen molar-refractivity contribution < 1.29 is 4.79 Å². The van der Waals surface area contributed by atoms with Gasteiger partial charge in [-0.2, -0.15) is 0 Å². The van der Waals surface area contributed by atoms with Crippen molar-refractivity contribution in [3.8, 4) is 22.4 Å². The van der Waals surface area contributed by atoms with E-state index in [9.17, 15) is 4.79 Å². The lowest BCUT2D eigenvalue weighted by Crippen LogP contribution is -1.99. The molecule has 0 saturated carbocycles. The number of carbonyl (C=O) groups excluding carboxylic acids is 1. The Morgan fingerprint density at radius 2 is 0.900 bits per heavy atom. The van der Waals surface area contributed by atoms with Gasteiger partial charge in [0.2, 0.25) is 0 Å². The van der Waals surface area contributed by atoms with Gasteiger partial charge in [-0.1, -0.05) is 116 Å². The third-order valence-corrected chi connectivity index (χ3v) is 8.57. The summed E-state index contributed by atoms with van der Waals surface area (Å²) in [7, 11) is 0. The zero-order chi connectivity index (χ0) is 22.5. The van der Waals surface area contributed by atoms with Crippen molar-refractivity contribution >= 4 is 122 Å². The standard InChI is InChI=1S/C18H3Cl10NO/c19-8-6(9(20)13(24)16(27)12(8)23)5-4(3-30)1-2-29-18(5)7-10(21)14(25)17(28)15(26)11(7)22/h1-3H. The van der Waals surface area contributed by atoms with Gasteiger partial charge in [0.25, 0.3) is 0 Å². The minimum Gasteiger partial charge on any atom is -0.298 e. The van der Waals surface area contributed by atoms with Crippen LogP contribution in [-0.4, -0.2) is 11.3 Å². The number of halogens is 10. The summed E-state index contributed by atoms with van der Waals surface area (Å²) in [5, 5.41) is -0.580. The van der Waals surface area contributed by atoms with Crippen molar-refractivity contribution in [3.63, 3.8) is 0 Å². The third kappa shape index (κ3) is 3.99. The first-order chi connectivity index (χ1) is 14.0. The molecule has 12 heteroatoms. The molecule has 0 radical (unpaired) electrons. The largest absolute Gasteiger partial charge is 0.298 e. The Bertz CT molecular complexity index is 1170. The molecule has 0 amide bonds. The van der Waals surface area contributed by atoms with Gasteiger partial charge in [0, 0.05) is 28.5 Å². The van der Waals surface area contributed by atoms with Crippen LogP contribution in [0.1, 0.15) is 10.4 Å². The third-order valence-electron chi connectivity index (χ3n) is 4.02. The Balaban J connectivity index is 2.57. The maximum absolute atomic E-state index is 11.9. The minimum atomic E-state index is -0.0706. The first-order valence-corrected chi connectivity index (χ1v) is 11.3. The quantitative estimate of drug-likeness (QED) is 0.169. The average molecular weight is 604 g/mol. The summed E-state index contributed by atoms with van der Waals surface area (Å²) in [4.78, 5) is 16.2. The second kappa shape index (κ2) is 9.57. The second-order valence-corrected chi connectivity index (χ2v) is 9.41. The molecule has 0 atom stereocenters. The van der Waals surface area contributed by atoms with Crippen LogP contribution >= 0.6 is 116 Å². The lowest BCUT2D eigenvalue weighted by atomic mass is 9.94. The summed E-state index contributed by atoms with van der Waals surface area (Å²) in [6.45, 7) is 0. The van der Waals surface area contributed by atoms with Crippen LogP contribution in [0.3, 0.4) is 0 Å². The molecule has 0 spiro atoms. The van der Waals surface area contributed by atoms with Crippen LogP contribution in [-0.2, 0) is 0 Å². The average Bonchev–Trinajstić information content (AvgIpc) is 2.74. The van der Waals surface area contributed by atoms with Gasteiger partial charge in [-0.25, -0.2) is 0 Å². The molecule has 30 heavy (non-hydrogen) atoms. The molecule has 0 bridgehead atoms. The van der Waals surface area contributed by atoms with Gasteiger partial charge < -0.3 is 0 Å². The number of hydrogen-bond donors (Lipinski definition) is 0. The summed E-state index contributed by atoms with van der Waals surface area (Å²) >= 11 is 62.6. The van der Waals surface area contributed by atoms with Crippen LogP contribution in [0.15, 0.2) is 12.3 Å². The maximum Gasteiger partial charge on any atom is 0.150 e. The number of rotatable bonds is 3. The Kier molecular flexibility index (Phi) is 7.91. The van der Waals surface area contributed by atoms with Gasteiger partial charge in [0.15, 0.2) is 6.29 Å². The Morgan fingerprint density at radius 3 is 1.30 bits per heavy atom. The molecule has 0 aliphatic rings. The van der Waals surface area contributed by atoms with E-state index in [0.717, 1.165) is 0 Å². The van der Waals surface area contributed by atoms with E-state index in [-0.39, 0.29) is 78.2 Å². The monoisotopic (exact) mass is 599 g/mol. The van der Waals surface area contributed by atoms with E-state index in [1.165, 1.54) is 12.3 Å². The van der Waals surface area contributed by atoms with Crippen LogP contribution in [0, 0.1) is 0 Å². The SMILES string of the molecule is O=Cc1ccnc(-c2c(Cl)c(Cl)c(Cl)c(Cl)c2Cl)c1-c1c(Cl)c(Cl)c(Cl)c(Cl)c1Cl. The number of pyridine rings is 1. The van der Waals surface area contributed by atoms with Crippen LogP contribution in [0.25, 0.3) is 22.4 Å². The zero-order valence-electron chi connectivity index (χ0n) is 13.9. The first kappa shape index (κ1) is 24.8. The molecule has 0 aliphatic heterocycles. The van der Waals surface area contributed by atoms with Gasteiger partial charge in [0.1, 0.15) is 0 Å². The Morgan fingerprint density at radius 1 is 0.533 bits per heavy atom. The smallest absolute Gasteiger partial charge is 0.150 e. The number of nitrogens with zero attached hydrogens (tertiary/aromatic N) is 1. The van der Waals surface area contributed by atoms with Crippen molar-refractivity contribution in [2.45, 2.75) is 0 Å². The van der Waals surface area contributed by atoms with Gasteiger partial charge in [-0.15, -0.1) is 0 Å². The topological polar surface area (TPSA) is 30.0 Å². The summed E-state index contributed by atoms with van der Waals surface area (Å²) < 4.78 is 0. The fourth-order valence-electron chi connectivity index (χ4n) is 2.66. The van der Waals surface area contributed by atoms with E-state index in [4.69, 9.17) is 116 Å². The van der Waals surface area contributed by atoms with Gasteiger partial charge >= 0.3 is 0 Å². The van der Waals surface area contributed by atoms with Gasteiger partial charge in [0.05, 0.1) is 55.9 Å². The first-order valence-electron chi connectivity index (χ1n) is 7.52. The minimum absolute atomic E-state index is 0.0428. The molecule has 1 aromatic heterocycles.